The summed E-state index contributed by atoms with van der Waals surface area (Å²) >= 11 is 11.9. The van der Waals surface area contributed by atoms with Crippen LogP contribution in [0, 0.1) is 11.6 Å². The molecule has 0 aromatic heterocycles. The zero-order valence-corrected chi connectivity index (χ0v) is 13.7. The maximum Gasteiger partial charge on any atom is 0.238 e. The molecule has 0 heterocycles. The second-order valence-electron chi connectivity index (χ2n) is 4.92. The zero-order chi connectivity index (χ0) is 17.0. The van der Waals surface area contributed by atoms with Crippen molar-refractivity contribution in [1.29, 1.82) is 0 Å². The van der Waals surface area contributed by atoms with E-state index in [1.54, 1.807) is 25.1 Å². The molecule has 1 amide bonds. The van der Waals surface area contributed by atoms with Gasteiger partial charge in [-0.05, 0) is 36.8 Å². The smallest absolute Gasteiger partial charge is 0.238 e. The number of amides is 1. The lowest BCUT2D eigenvalue weighted by Crippen LogP contribution is -2.30. The van der Waals surface area contributed by atoms with Crippen molar-refractivity contribution in [1.82, 2.24) is 5.32 Å². The van der Waals surface area contributed by atoms with Crippen LogP contribution < -0.4 is 10.6 Å². The molecule has 2 rings (SSSR count). The SMILES string of the molecule is C[C@H](NCC(=O)Nc1c(Cl)cccc1Cl)c1ccc(F)c(F)c1. The Morgan fingerprint density at radius 3 is 2.39 bits per heavy atom. The van der Waals surface area contributed by atoms with Gasteiger partial charge in [-0.1, -0.05) is 35.3 Å². The van der Waals surface area contributed by atoms with Gasteiger partial charge in [-0.3, -0.25) is 4.79 Å². The van der Waals surface area contributed by atoms with Crippen molar-refractivity contribution in [2.45, 2.75) is 13.0 Å². The number of hydrogen-bond acceptors (Lipinski definition) is 2. The fourth-order valence-corrected chi connectivity index (χ4v) is 2.44. The predicted octanol–water partition coefficient (Wildman–Crippen LogP) is 4.56. The highest BCUT2D eigenvalue weighted by Gasteiger charge is 2.13. The molecule has 122 valence electrons. The van der Waals surface area contributed by atoms with Crippen LogP contribution in [0.15, 0.2) is 36.4 Å². The maximum absolute atomic E-state index is 13.2. The first-order valence-corrected chi connectivity index (χ1v) is 7.56. The van der Waals surface area contributed by atoms with Gasteiger partial charge >= 0.3 is 0 Å². The van der Waals surface area contributed by atoms with Crippen LogP contribution in [0.25, 0.3) is 0 Å². The second kappa shape index (κ2) is 7.73. The summed E-state index contributed by atoms with van der Waals surface area (Å²) in [5.41, 5.74) is 0.871. The summed E-state index contributed by atoms with van der Waals surface area (Å²) in [5, 5.41) is 6.19. The fraction of sp³-hybridized carbons (Fsp3) is 0.188. The first-order valence-electron chi connectivity index (χ1n) is 6.80. The van der Waals surface area contributed by atoms with Crippen molar-refractivity contribution >= 4 is 34.8 Å². The molecule has 0 aliphatic carbocycles. The van der Waals surface area contributed by atoms with Crippen LogP contribution in [0.3, 0.4) is 0 Å². The van der Waals surface area contributed by atoms with Crippen molar-refractivity contribution in [2.24, 2.45) is 0 Å². The van der Waals surface area contributed by atoms with E-state index in [4.69, 9.17) is 23.2 Å². The summed E-state index contributed by atoms with van der Waals surface area (Å²) in [5.74, 6) is -2.19. The molecular weight excluding hydrogens is 345 g/mol. The highest BCUT2D eigenvalue weighted by Crippen LogP contribution is 2.29. The lowest BCUT2D eigenvalue weighted by atomic mass is 10.1. The maximum atomic E-state index is 13.2. The largest absolute Gasteiger partial charge is 0.322 e. The van der Waals surface area contributed by atoms with Crippen molar-refractivity contribution in [2.75, 3.05) is 11.9 Å². The lowest BCUT2D eigenvalue weighted by Gasteiger charge is -2.15. The number of rotatable bonds is 5. The fourth-order valence-electron chi connectivity index (χ4n) is 1.95. The number of carbonyl (C=O) groups is 1. The third-order valence-electron chi connectivity index (χ3n) is 3.24. The Balaban J connectivity index is 1.95. The van der Waals surface area contributed by atoms with Gasteiger partial charge in [-0.15, -0.1) is 0 Å². The predicted molar refractivity (Wildman–Crippen MR) is 87.9 cm³/mol. The van der Waals surface area contributed by atoms with Gasteiger partial charge < -0.3 is 10.6 Å². The van der Waals surface area contributed by atoms with Gasteiger partial charge in [0.2, 0.25) is 5.91 Å². The molecule has 2 aromatic carbocycles. The minimum atomic E-state index is -0.927. The van der Waals surface area contributed by atoms with E-state index in [9.17, 15) is 13.6 Å². The molecule has 0 saturated carbocycles. The van der Waals surface area contributed by atoms with Crippen molar-refractivity contribution in [3.63, 3.8) is 0 Å². The Hall–Kier alpha value is -1.69. The van der Waals surface area contributed by atoms with Gasteiger partial charge in [0.1, 0.15) is 0 Å². The average Bonchev–Trinajstić information content (AvgIpc) is 2.51. The molecular formula is C16H14Cl2F2N2O. The minimum absolute atomic E-state index is 0.0400. The molecule has 0 unspecified atom stereocenters. The topological polar surface area (TPSA) is 41.1 Å². The van der Waals surface area contributed by atoms with Gasteiger partial charge in [0, 0.05) is 6.04 Å². The summed E-state index contributed by atoms with van der Waals surface area (Å²) in [6.45, 7) is 1.70. The van der Waals surface area contributed by atoms with Crippen LogP contribution in [0.4, 0.5) is 14.5 Å². The highest BCUT2D eigenvalue weighted by molar-refractivity contribution is 6.39. The van der Waals surface area contributed by atoms with E-state index >= 15 is 0 Å². The van der Waals surface area contributed by atoms with Gasteiger partial charge in [-0.2, -0.15) is 0 Å². The summed E-state index contributed by atoms with van der Waals surface area (Å²) in [7, 11) is 0. The second-order valence-corrected chi connectivity index (χ2v) is 5.74. The van der Waals surface area contributed by atoms with Crippen LogP contribution >= 0.6 is 23.2 Å². The molecule has 0 aliphatic rings. The van der Waals surface area contributed by atoms with Gasteiger partial charge in [0.15, 0.2) is 11.6 Å². The van der Waals surface area contributed by atoms with E-state index in [2.05, 4.69) is 10.6 Å². The van der Waals surface area contributed by atoms with E-state index in [1.807, 2.05) is 0 Å². The number of nitrogens with one attached hydrogen (secondary N) is 2. The first-order chi connectivity index (χ1) is 10.9. The molecule has 2 aromatic rings. The Kier molecular flexibility index (Phi) is 5.93. The van der Waals surface area contributed by atoms with E-state index in [-0.39, 0.29) is 18.5 Å². The monoisotopic (exact) mass is 358 g/mol. The molecule has 1 atom stereocenters. The average molecular weight is 359 g/mol. The lowest BCUT2D eigenvalue weighted by molar-refractivity contribution is -0.115. The third-order valence-corrected chi connectivity index (χ3v) is 3.87. The molecule has 0 radical (unpaired) electrons. The molecule has 0 spiro atoms. The van der Waals surface area contributed by atoms with E-state index in [0.29, 0.717) is 21.3 Å². The quantitative estimate of drug-likeness (QED) is 0.822. The van der Waals surface area contributed by atoms with Crippen molar-refractivity contribution in [3.05, 3.63) is 63.6 Å². The minimum Gasteiger partial charge on any atom is -0.322 e. The number of carbonyl (C=O) groups excluding carboxylic acids is 1. The molecule has 23 heavy (non-hydrogen) atoms. The number of benzene rings is 2. The van der Waals surface area contributed by atoms with Gasteiger partial charge in [0.05, 0.1) is 22.3 Å². The van der Waals surface area contributed by atoms with Crippen LogP contribution in [0.2, 0.25) is 10.0 Å². The molecule has 0 aliphatic heterocycles. The van der Waals surface area contributed by atoms with Crippen molar-refractivity contribution in [3.8, 4) is 0 Å². The summed E-state index contributed by atoms with van der Waals surface area (Å²) in [6, 6.07) is 8.16. The first kappa shape index (κ1) is 17.7. The van der Waals surface area contributed by atoms with E-state index in [1.165, 1.54) is 6.07 Å². The zero-order valence-electron chi connectivity index (χ0n) is 12.2. The molecule has 0 saturated heterocycles. The van der Waals surface area contributed by atoms with Crippen molar-refractivity contribution < 1.29 is 13.6 Å². The molecule has 0 bridgehead atoms. The molecule has 0 fully saturated rings. The number of halogens is 4. The normalized spacial score (nSPS) is 12.0. The third kappa shape index (κ3) is 4.64. The van der Waals surface area contributed by atoms with E-state index in [0.717, 1.165) is 12.1 Å². The Labute approximate surface area is 142 Å². The van der Waals surface area contributed by atoms with Crippen LogP contribution in [0.1, 0.15) is 18.5 Å². The number of anilines is 1. The summed E-state index contributed by atoms with van der Waals surface area (Å²) in [4.78, 5) is 11.9. The Morgan fingerprint density at radius 1 is 1.13 bits per heavy atom. The molecule has 2 N–H and O–H groups in total. The summed E-state index contributed by atoms with van der Waals surface area (Å²) in [6.07, 6.45) is 0. The van der Waals surface area contributed by atoms with Gasteiger partial charge in [0.25, 0.3) is 0 Å². The summed E-state index contributed by atoms with van der Waals surface area (Å²) < 4.78 is 26.1. The number of hydrogen-bond donors (Lipinski definition) is 2. The van der Waals surface area contributed by atoms with Crippen LogP contribution in [-0.4, -0.2) is 12.5 Å². The highest BCUT2D eigenvalue weighted by atomic mass is 35.5. The Bertz CT molecular complexity index is 705. The van der Waals surface area contributed by atoms with Crippen LogP contribution in [0.5, 0.6) is 0 Å². The molecule has 3 nitrogen and oxygen atoms in total. The molecule has 7 heteroatoms. The van der Waals surface area contributed by atoms with Gasteiger partial charge in [-0.25, -0.2) is 8.78 Å². The van der Waals surface area contributed by atoms with E-state index < -0.39 is 11.6 Å². The number of para-hydroxylation sites is 1. The Morgan fingerprint density at radius 2 is 1.78 bits per heavy atom. The standard InChI is InChI=1S/C16H14Cl2F2N2O/c1-9(10-5-6-13(19)14(20)7-10)21-8-15(23)22-16-11(17)3-2-4-12(16)18/h2-7,9,21H,8H2,1H3,(H,22,23)/t9-/m0/s1. The van der Waals surface area contributed by atoms with Crippen LogP contribution in [-0.2, 0) is 4.79 Å².